The van der Waals surface area contributed by atoms with Crippen molar-refractivity contribution in [3.63, 3.8) is 0 Å². The van der Waals surface area contributed by atoms with E-state index < -0.39 is 0 Å². The summed E-state index contributed by atoms with van der Waals surface area (Å²) in [6.45, 7) is 12.4. The van der Waals surface area contributed by atoms with E-state index in [0.29, 0.717) is 11.1 Å². The molecule has 3 aliphatic rings. The Morgan fingerprint density at radius 3 is 2.27 bits per heavy atom. The van der Waals surface area contributed by atoms with Gasteiger partial charge in [-0.2, -0.15) is 0 Å². The Balaban J connectivity index is 1.55. The monoisotopic (exact) mass is 208 g/mol. The predicted octanol–water partition coefficient (Wildman–Crippen LogP) is 1.96. The quantitative estimate of drug-likeness (QED) is 0.684. The molecule has 3 fully saturated rings. The van der Waals surface area contributed by atoms with Crippen molar-refractivity contribution in [1.29, 1.82) is 0 Å². The molecule has 2 heterocycles. The standard InChI is InChI=1S/C13H24N2/c1-12(2,3)15-9-13(10-15)6-7-14(13)8-11-4-5-11/h11H,4-10H2,1-3H3. The van der Waals surface area contributed by atoms with Crippen LogP contribution >= 0.6 is 0 Å². The molecular weight excluding hydrogens is 184 g/mol. The first-order valence-electron chi connectivity index (χ1n) is 6.50. The first-order valence-corrected chi connectivity index (χ1v) is 6.50. The van der Waals surface area contributed by atoms with Gasteiger partial charge in [-0.05, 0) is 46.0 Å². The van der Waals surface area contributed by atoms with Crippen molar-refractivity contribution in [3.8, 4) is 0 Å². The minimum atomic E-state index is 0.381. The van der Waals surface area contributed by atoms with Gasteiger partial charge in [-0.1, -0.05) is 0 Å². The fourth-order valence-electron chi connectivity index (χ4n) is 2.98. The van der Waals surface area contributed by atoms with Crippen LogP contribution in [0.4, 0.5) is 0 Å². The van der Waals surface area contributed by atoms with E-state index in [9.17, 15) is 0 Å². The van der Waals surface area contributed by atoms with E-state index in [2.05, 4.69) is 30.6 Å². The topological polar surface area (TPSA) is 6.48 Å². The van der Waals surface area contributed by atoms with Gasteiger partial charge in [0, 0.05) is 37.3 Å². The van der Waals surface area contributed by atoms with Gasteiger partial charge in [-0.25, -0.2) is 0 Å². The van der Waals surface area contributed by atoms with Crippen LogP contribution in [0.25, 0.3) is 0 Å². The van der Waals surface area contributed by atoms with E-state index >= 15 is 0 Å². The fraction of sp³-hybridized carbons (Fsp3) is 1.00. The molecule has 2 aliphatic heterocycles. The highest BCUT2D eigenvalue weighted by molar-refractivity contribution is 5.13. The maximum atomic E-state index is 2.77. The third-order valence-electron chi connectivity index (χ3n) is 4.61. The Labute approximate surface area is 93.6 Å². The normalized spacial score (nSPS) is 31.4. The van der Waals surface area contributed by atoms with Crippen molar-refractivity contribution in [2.75, 3.05) is 26.2 Å². The Morgan fingerprint density at radius 1 is 1.20 bits per heavy atom. The minimum Gasteiger partial charge on any atom is -0.295 e. The first kappa shape index (κ1) is 10.1. The summed E-state index contributed by atoms with van der Waals surface area (Å²) in [6.07, 6.45) is 4.44. The lowest BCUT2D eigenvalue weighted by Gasteiger charge is -2.66. The average molecular weight is 208 g/mol. The minimum absolute atomic E-state index is 0.381. The van der Waals surface area contributed by atoms with Crippen LogP contribution in [0.1, 0.15) is 40.0 Å². The van der Waals surface area contributed by atoms with Crippen molar-refractivity contribution in [1.82, 2.24) is 9.80 Å². The van der Waals surface area contributed by atoms with Crippen LogP contribution in [-0.4, -0.2) is 47.1 Å². The van der Waals surface area contributed by atoms with Crippen LogP contribution in [0.15, 0.2) is 0 Å². The number of hydrogen-bond donors (Lipinski definition) is 0. The molecule has 0 aromatic heterocycles. The van der Waals surface area contributed by atoms with Crippen LogP contribution in [0.3, 0.4) is 0 Å². The van der Waals surface area contributed by atoms with Gasteiger partial charge in [0.05, 0.1) is 0 Å². The molecule has 2 nitrogen and oxygen atoms in total. The number of hydrogen-bond acceptors (Lipinski definition) is 2. The van der Waals surface area contributed by atoms with E-state index in [4.69, 9.17) is 0 Å². The molecule has 0 unspecified atom stereocenters. The zero-order valence-corrected chi connectivity index (χ0v) is 10.4. The van der Waals surface area contributed by atoms with Crippen LogP contribution in [0.5, 0.6) is 0 Å². The van der Waals surface area contributed by atoms with Crippen molar-refractivity contribution in [2.45, 2.75) is 51.1 Å². The molecule has 1 spiro atoms. The van der Waals surface area contributed by atoms with Crippen molar-refractivity contribution in [2.24, 2.45) is 5.92 Å². The summed E-state index contributed by atoms with van der Waals surface area (Å²) in [5.41, 5.74) is 1.00. The highest BCUT2D eigenvalue weighted by atomic mass is 15.4. The van der Waals surface area contributed by atoms with E-state index in [0.717, 1.165) is 5.92 Å². The zero-order chi connectivity index (χ0) is 10.7. The molecule has 0 bridgehead atoms. The second-order valence-electron chi connectivity index (χ2n) is 6.89. The van der Waals surface area contributed by atoms with Crippen molar-refractivity contribution >= 4 is 0 Å². The van der Waals surface area contributed by atoms with Crippen molar-refractivity contribution < 1.29 is 0 Å². The van der Waals surface area contributed by atoms with Gasteiger partial charge in [0.15, 0.2) is 0 Å². The van der Waals surface area contributed by atoms with Crippen LogP contribution in [-0.2, 0) is 0 Å². The van der Waals surface area contributed by atoms with E-state index in [1.165, 1.54) is 45.4 Å². The van der Waals surface area contributed by atoms with Gasteiger partial charge in [-0.3, -0.25) is 9.80 Å². The van der Waals surface area contributed by atoms with Crippen LogP contribution < -0.4 is 0 Å². The Kier molecular flexibility index (Phi) is 2.01. The Hall–Kier alpha value is -0.0800. The molecule has 2 heteroatoms. The Bertz CT molecular complexity index is 256. The summed E-state index contributed by atoms with van der Waals surface area (Å²) >= 11 is 0. The third kappa shape index (κ3) is 1.62. The smallest absolute Gasteiger partial charge is 0.0475 e. The predicted molar refractivity (Wildman–Crippen MR) is 63.0 cm³/mol. The third-order valence-corrected chi connectivity index (χ3v) is 4.61. The zero-order valence-electron chi connectivity index (χ0n) is 10.4. The molecule has 86 valence electrons. The molecular formula is C13H24N2. The molecule has 0 radical (unpaired) electrons. The average Bonchev–Trinajstić information content (AvgIpc) is 2.75. The van der Waals surface area contributed by atoms with Gasteiger partial charge in [-0.15, -0.1) is 0 Å². The number of likely N-dealkylation sites (tertiary alicyclic amines) is 2. The van der Waals surface area contributed by atoms with E-state index in [1.54, 1.807) is 0 Å². The number of rotatable bonds is 2. The maximum Gasteiger partial charge on any atom is 0.0475 e. The summed E-state index contributed by atoms with van der Waals surface area (Å²) < 4.78 is 0. The summed E-state index contributed by atoms with van der Waals surface area (Å²) in [6, 6.07) is 0. The van der Waals surface area contributed by atoms with Gasteiger partial charge in [0.25, 0.3) is 0 Å². The van der Waals surface area contributed by atoms with Gasteiger partial charge in [0.2, 0.25) is 0 Å². The number of nitrogens with zero attached hydrogens (tertiary/aromatic N) is 2. The molecule has 0 atom stereocenters. The lowest BCUT2D eigenvalue weighted by atomic mass is 9.75. The van der Waals surface area contributed by atoms with Gasteiger partial charge in [0.1, 0.15) is 0 Å². The fourth-order valence-corrected chi connectivity index (χ4v) is 2.98. The largest absolute Gasteiger partial charge is 0.295 e. The summed E-state index contributed by atoms with van der Waals surface area (Å²) in [7, 11) is 0. The van der Waals surface area contributed by atoms with Crippen LogP contribution in [0.2, 0.25) is 0 Å². The van der Waals surface area contributed by atoms with Gasteiger partial charge < -0.3 is 0 Å². The summed E-state index contributed by atoms with van der Waals surface area (Å²) in [4.78, 5) is 5.40. The lowest BCUT2D eigenvalue weighted by molar-refractivity contribution is -0.151. The van der Waals surface area contributed by atoms with Crippen molar-refractivity contribution in [3.05, 3.63) is 0 Å². The molecule has 1 saturated carbocycles. The second kappa shape index (κ2) is 2.98. The molecule has 1 aliphatic carbocycles. The molecule has 0 aromatic rings. The maximum absolute atomic E-state index is 2.77. The van der Waals surface area contributed by atoms with Crippen LogP contribution in [0, 0.1) is 5.92 Å². The first-order chi connectivity index (χ1) is 7.00. The highest BCUT2D eigenvalue weighted by Crippen LogP contribution is 2.44. The molecule has 0 N–H and O–H groups in total. The summed E-state index contributed by atoms with van der Waals surface area (Å²) in [5, 5.41) is 0. The molecule has 2 saturated heterocycles. The second-order valence-corrected chi connectivity index (χ2v) is 6.89. The highest BCUT2D eigenvalue weighted by Gasteiger charge is 2.55. The van der Waals surface area contributed by atoms with Gasteiger partial charge >= 0.3 is 0 Å². The van der Waals surface area contributed by atoms with E-state index in [1.807, 2.05) is 0 Å². The van der Waals surface area contributed by atoms with E-state index in [-0.39, 0.29) is 0 Å². The molecule has 3 rings (SSSR count). The molecule has 0 amide bonds. The summed E-state index contributed by atoms with van der Waals surface area (Å²) in [5.74, 6) is 1.06. The lowest BCUT2D eigenvalue weighted by Crippen LogP contribution is -2.79. The molecule has 0 aromatic carbocycles. The SMILES string of the molecule is CC(C)(C)N1CC2(CCN2CC2CC2)C1. The molecule has 15 heavy (non-hydrogen) atoms. The Morgan fingerprint density at radius 2 is 1.87 bits per heavy atom.